The molecule has 2 radical (unpaired) electrons. The van der Waals surface area contributed by atoms with Gasteiger partial charge in [-0.25, -0.2) is 8.42 Å². The molecule has 0 N–H and O–H groups in total. The van der Waals surface area contributed by atoms with E-state index < -0.39 is 47.3 Å². The smallest absolute Gasteiger partial charge is 0.00405 e. The van der Waals surface area contributed by atoms with Crippen LogP contribution in [0.1, 0.15) is 0 Å². The fraction of sp³-hybridized carbons (Fsp3) is 0.0556. The standard InChI is InChI=1S/2C25H22P2.CHF3O3S.2CO.CH3.2Ir/c2*1-5-13-22(14-6-1)26(23-15-7-2-8-16-23)21-27(24-17-9-3-10-18-24)25-19-11-4-12-20-25;2-1(3,4)8(5,6)7;2*1-2;;;/h2*1-20H,21H2;(H,5,6,7);;;1H3;;/q;;;;;-1;;/p-1. The number of alkyl halides is 3. The zero-order valence-corrected chi connectivity index (χ0v) is 46.2. The van der Waals surface area contributed by atoms with Crippen molar-refractivity contribution >= 4 is 84.2 Å². The fourth-order valence-corrected chi connectivity index (χ4v) is 19.3. The Bertz CT molecular complexity index is 2210. The van der Waals surface area contributed by atoms with E-state index in [0.29, 0.717) is 0 Å². The minimum Gasteiger partial charge on any atom is -0.358 e. The molecule has 0 amide bonds. The molecule has 0 saturated carbocycles. The van der Waals surface area contributed by atoms with Gasteiger partial charge in [0.1, 0.15) is 0 Å². The van der Waals surface area contributed by atoms with E-state index in [2.05, 4.69) is 256 Å². The normalized spacial score (nSPS) is 10.3. The number of hydrogen-bond acceptors (Lipinski definition) is 3. The van der Waals surface area contributed by atoms with E-state index in [0.717, 1.165) is 0 Å². The van der Waals surface area contributed by atoms with E-state index in [9.17, 15) is 13.2 Å². The van der Waals surface area contributed by atoms with Crippen LogP contribution in [0.3, 0.4) is 0 Å². The largest absolute Gasteiger partial charge is 0.358 e. The second kappa shape index (κ2) is 34.3. The van der Waals surface area contributed by atoms with Crippen LogP contribution in [0.2, 0.25) is 0 Å². The summed E-state index contributed by atoms with van der Waals surface area (Å²) in [5, 5.41) is 11.7. The maximum absolute atomic E-state index is 10.7. The molecule has 0 atom stereocenters. The summed E-state index contributed by atoms with van der Waals surface area (Å²) in [6.45, 7) is 9.00. The average molecular weight is 1370 g/mol. The molecule has 360 valence electrons. The van der Waals surface area contributed by atoms with E-state index in [1.54, 1.807) is 0 Å². The van der Waals surface area contributed by atoms with Crippen LogP contribution in [0.25, 0.3) is 0 Å². The first kappa shape index (κ1) is 63.0. The van der Waals surface area contributed by atoms with Gasteiger partial charge in [0.25, 0.3) is 0 Å². The minimum absolute atomic E-state index is 0. The number of benzene rings is 8. The predicted octanol–water partition coefficient (Wildman–Crippen LogP) is 10.8. The van der Waals surface area contributed by atoms with E-state index in [1.165, 1.54) is 54.2 Å². The van der Waals surface area contributed by atoms with Crippen molar-refractivity contribution in [2.45, 2.75) is 5.51 Å². The first-order chi connectivity index (χ1) is 32.1. The molecule has 8 aromatic rings. The molecular formula is C54H47F3Ir2O5P4S-2. The Kier molecular flexibility index (Phi) is 31.3. The van der Waals surface area contributed by atoms with Gasteiger partial charge in [-0.1, -0.05) is 243 Å². The van der Waals surface area contributed by atoms with Crippen LogP contribution in [0.4, 0.5) is 13.2 Å². The third kappa shape index (κ3) is 20.7. The van der Waals surface area contributed by atoms with Crippen molar-refractivity contribution in [2.75, 3.05) is 11.8 Å². The first-order valence-electron chi connectivity index (χ1n) is 20.0. The van der Waals surface area contributed by atoms with Gasteiger partial charge < -0.3 is 12.0 Å². The van der Waals surface area contributed by atoms with Crippen molar-refractivity contribution in [3.8, 4) is 0 Å². The quantitative estimate of drug-likeness (QED) is 0.0401. The average Bonchev–Trinajstić information content (AvgIpc) is 3.38. The number of rotatable bonds is 12. The molecule has 0 unspecified atom stereocenters. The topological polar surface area (TPSA) is 97.0 Å². The molecule has 0 heterocycles. The summed E-state index contributed by atoms with van der Waals surface area (Å²) in [5.74, 6) is 2.35. The molecule has 0 aliphatic rings. The summed E-state index contributed by atoms with van der Waals surface area (Å²) in [6.07, 6.45) is 0. The van der Waals surface area contributed by atoms with Gasteiger partial charge in [-0.3, -0.25) is 0 Å². The fourth-order valence-electron chi connectivity index (χ4n) is 6.40. The molecule has 69 heavy (non-hydrogen) atoms. The molecule has 0 saturated heterocycles. The molecular weight excluding hydrogens is 1330 g/mol. The SMILES string of the molecule is O=S(=O)([O-])C(F)(F)F.[C-]#[O+].[C-]#[O+].[CH3-].[Ir].[Ir].c1ccc(P(CP(c2ccccc2)c2ccccc2)c2ccccc2)cc1.c1ccc(P(CP(c2ccccc2)c2ccccc2)c2ccccc2)cc1. The van der Waals surface area contributed by atoms with Gasteiger partial charge in [0, 0.05) is 52.0 Å². The van der Waals surface area contributed by atoms with E-state index in [4.69, 9.17) is 22.3 Å². The third-order valence-electron chi connectivity index (χ3n) is 9.39. The molecule has 8 aromatic carbocycles. The molecule has 0 bridgehead atoms. The summed E-state index contributed by atoms with van der Waals surface area (Å²) in [4.78, 5) is 0. The van der Waals surface area contributed by atoms with Gasteiger partial charge in [0.05, 0.1) is 0 Å². The van der Waals surface area contributed by atoms with Crippen molar-refractivity contribution < 1.29 is 75.7 Å². The molecule has 8 rings (SSSR count). The van der Waals surface area contributed by atoms with Gasteiger partial charge in [-0.15, -0.1) is 0 Å². The van der Waals surface area contributed by atoms with Gasteiger partial charge in [0.15, 0.2) is 10.1 Å². The van der Waals surface area contributed by atoms with Crippen molar-refractivity contribution in [2.24, 2.45) is 0 Å². The Morgan fingerprint density at radius 3 is 0.536 bits per heavy atom. The Morgan fingerprint density at radius 1 is 0.348 bits per heavy atom. The second-order valence-electron chi connectivity index (χ2n) is 13.6. The first-order valence-corrected chi connectivity index (χ1v) is 27.5. The third-order valence-corrected chi connectivity index (χ3v) is 21.9. The van der Waals surface area contributed by atoms with Gasteiger partial charge in [-0.05, 0) is 74.1 Å². The van der Waals surface area contributed by atoms with Gasteiger partial charge in [-0.2, -0.15) is 13.2 Å². The Hall–Kier alpha value is -4.04. The molecule has 5 nitrogen and oxygen atoms in total. The Labute approximate surface area is 437 Å². The summed E-state index contributed by atoms with van der Waals surface area (Å²) >= 11 is 0. The van der Waals surface area contributed by atoms with E-state index >= 15 is 0 Å². The van der Waals surface area contributed by atoms with Crippen molar-refractivity contribution in [1.29, 1.82) is 0 Å². The molecule has 0 aliphatic carbocycles. The molecule has 0 aliphatic heterocycles. The number of halogens is 3. The van der Waals surface area contributed by atoms with Crippen LogP contribution >= 0.6 is 31.7 Å². The Morgan fingerprint density at radius 2 is 0.449 bits per heavy atom. The molecule has 0 aromatic heterocycles. The van der Waals surface area contributed by atoms with Crippen LogP contribution in [0.15, 0.2) is 243 Å². The van der Waals surface area contributed by atoms with E-state index in [1.807, 2.05) is 0 Å². The van der Waals surface area contributed by atoms with Crippen LogP contribution in [-0.4, -0.2) is 30.3 Å². The summed E-state index contributed by atoms with van der Waals surface area (Å²) in [6, 6.07) is 88.3. The summed E-state index contributed by atoms with van der Waals surface area (Å²) in [7, 11) is -7.72. The molecule has 0 spiro atoms. The van der Waals surface area contributed by atoms with Crippen molar-refractivity contribution in [1.82, 2.24) is 0 Å². The zero-order chi connectivity index (χ0) is 47.6. The monoisotopic (exact) mass is 1370 g/mol. The summed E-state index contributed by atoms with van der Waals surface area (Å²) < 4.78 is 73.9. The van der Waals surface area contributed by atoms with Crippen molar-refractivity contribution in [3.05, 3.63) is 263 Å². The van der Waals surface area contributed by atoms with Gasteiger partial charge in [0.2, 0.25) is 0 Å². The Balaban J connectivity index is 0.000000543. The molecule has 0 fully saturated rings. The minimum atomic E-state index is -6.09. The van der Waals surface area contributed by atoms with E-state index in [-0.39, 0.29) is 47.6 Å². The van der Waals surface area contributed by atoms with Gasteiger partial charge >= 0.3 is 28.1 Å². The van der Waals surface area contributed by atoms with Crippen molar-refractivity contribution in [3.63, 3.8) is 0 Å². The van der Waals surface area contributed by atoms with Crippen LogP contribution in [-0.2, 0) is 59.6 Å². The zero-order valence-electron chi connectivity index (χ0n) is 37.0. The maximum Gasteiger partial charge on any atom is 0.00405 e. The second-order valence-corrected chi connectivity index (χ2v) is 24.8. The predicted molar refractivity (Wildman–Crippen MR) is 276 cm³/mol. The molecule has 15 heteroatoms. The van der Waals surface area contributed by atoms with Crippen LogP contribution in [0, 0.1) is 20.7 Å². The summed E-state index contributed by atoms with van der Waals surface area (Å²) in [5.41, 5.74) is -5.65. The van der Waals surface area contributed by atoms with Crippen LogP contribution < -0.4 is 42.4 Å². The maximum atomic E-state index is 10.7. The number of hydrogen-bond donors (Lipinski definition) is 0. The van der Waals surface area contributed by atoms with Crippen LogP contribution in [0.5, 0.6) is 0 Å².